The third-order valence-corrected chi connectivity index (χ3v) is 6.15. The number of hydrogen-bond donors (Lipinski definition) is 2. The maximum Gasteiger partial charge on any atom is 0.233 e. The van der Waals surface area contributed by atoms with Crippen molar-refractivity contribution < 1.29 is 13.9 Å². The first-order valence-electron chi connectivity index (χ1n) is 8.91. The molecule has 3 rings (SSSR count). The topological polar surface area (TPSA) is 76.1 Å². The fraction of sp³-hybridized carbons (Fsp3) is 0.250. The highest BCUT2D eigenvalue weighted by Gasteiger charge is 2.19. The Labute approximate surface area is 176 Å². The molecule has 0 aliphatic heterocycles. The predicted molar refractivity (Wildman–Crippen MR) is 114 cm³/mol. The lowest BCUT2D eigenvalue weighted by atomic mass is 10.1. The number of amides is 1. The van der Waals surface area contributed by atoms with Crippen LogP contribution in [0.2, 0.25) is 0 Å². The van der Waals surface area contributed by atoms with Crippen LogP contribution < -0.4 is 15.4 Å². The van der Waals surface area contributed by atoms with Crippen LogP contribution >= 0.6 is 23.1 Å². The van der Waals surface area contributed by atoms with E-state index in [-0.39, 0.29) is 23.0 Å². The second-order valence-electron chi connectivity index (χ2n) is 6.27. The second-order valence-corrected chi connectivity index (χ2v) is 8.83. The molecule has 1 heterocycles. The summed E-state index contributed by atoms with van der Waals surface area (Å²) in [6.45, 7) is 3.68. The first kappa shape index (κ1) is 21.1. The van der Waals surface area contributed by atoms with Crippen LogP contribution in [0, 0.1) is 5.82 Å². The minimum atomic E-state index is -0.348. The average molecular weight is 433 g/mol. The zero-order valence-corrected chi connectivity index (χ0v) is 17.8. The molecule has 2 N–H and O–H groups in total. The third-order valence-electron chi connectivity index (χ3n) is 4.12. The molecule has 0 spiro atoms. The number of aromatic nitrogens is 2. The molecule has 9 heteroatoms. The maximum absolute atomic E-state index is 13.0. The Morgan fingerprint density at radius 3 is 2.45 bits per heavy atom. The van der Waals surface area contributed by atoms with E-state index >= 15 is 0 Å². The molecule has 1 aromatic heterocycles. The smallest absolute Gasteiger partial charge is 0.233 e. The number of methoxy groups -OCH3 is 1. The van der Waals surface area contributed by atoms with E-state index < -0.39 is 0 Å². The number of benzene rings is 2. The number of thioether (sulfide) groups is 1. The highest BCUT2D eigenvalue weighted by Crippen LogP contribution is 2.31. The van der Waals surface area contributed by atoms with Gasteiger partial charge < -0.3 is 15.4 Å². The third kappa shape index (κ3) is 5.91. The van der Waals surface area contributed by atoms with E-state index in [2.05, 4.69) is 20.8 Å². The molecule has 152 valence electrons. The second kappa shape index (κ2) is 9.71. The van der Waals surface area contributed by atoms with E-state index in [1.807, 2.05) is 38.1 Å². The Bertz CT molecular complexity index is 948. The molecule has 0 fully saturated rings. The molecule has 0 unspecified atom stereocenters. The highest BCUT2D eigenvalue weighted by molar-refractivity contribution is 8.02. The summed E-state index contributed by atoms with van der Waals surface area (Å²) in [7, 11) is 1.62. The molecule has 2 atom stereocenters. The summed E-state index contributed by atoms with van der Waals surface area (Å²) < 4.78 is 18.9. The van der Waals surface area contributed by atoms with Crippen LogP contribution in [0.25, 0.3) is 0 Å². The Morgan fingerprint density at radius 2 is 1.79 bits per heavy atom. The highest BCUT2D eigenvalue weighted by atomic mass is 32.2. The molecule has 0 saturated carbocycles. The number of nitrogens with zero attached hydrogens (tertiary/aromatic N) is 2. The van der Waals surface area contributed by atoms with Crippen molar-refractivity contribution in [1.82, 2.24) is 15.5 Å². The van der Waals surface area contributed by atoms with E-state index in [0.717, 1.165) is 17.0 Å². The SMILES string of the molecule is COc1ccc(Nc2nnc(S[C@@H](C)C(=O)N[C@H](C)c3ccc(F)cc3)s2)cc1. The maximum atomic E-state index is 13.0. The van der Waals surface area contributed by atoms with Gasteiger partial charge in [0.15, 0.2) is 4.34 Å². The summed E-state index contributed by atoms with van der Waals surface area (Å²) in [4.78, 5) is 12.5. The summed E-state index contributed by atoms with van der Waals surface area (Å²) in [6, 6.07) is 13.4. The molecule has 0 aliphatic rings. The minimum absolute atomic E-state index is 0.119. The molecule has 0 saturated heterocycles. The van der Waals surface area contributed by atoms with Gasteiger partial charge in [-0.05, 0) is 55.8 Å². The normalized spacial score (nSPS) is 12.8. The van der Waals surface area contributed by atoms with Gasteiger partial charge in [0.05, 0.1) is 18.4 Å². The molecule has 1 amide bonds. The van der Waals surface area contributed by atoms with E-state index in [4.69, 9.17) is 4.74 Å². The van der Waals surface area contributed by atoms with Crippen LogP contribution in [0.4, 0.5) is 15.2 Å². The van der Waals surface area contributed by atoms with Gasteiger partial charge in [-0.25, -0.2) is 4.39 Å². The van der Waals surface area contributed by atoms with Crippen LogP contribution in [0.15, 0.2) is 52.9 Å². The van der Waals surface area contributed by atoms with Gasteiger partial charge in [-0.15, -0.1) is 10.2 Å². The minimum Gasteiger partial charge on any atom is -0.497 e. The quantitative estimate of drug-likeness (QED) is 0.499. The largest absolute Gasteiger partial charge is 0.497 e. The number of carbonyl (C=O) groups is 1. The van der Waals surface area contributed by atoms with Gasteiger partial charge >= 0.3 is 0 Å². The average Bonchev–Trinajstić information content (AvgIpc) is 3.15. The summed E-state index contributed by atoms with van der Waals surface area (Å²) >= 11 is 2.72. The number of halogens is 1. The van der Waals surface area contributed by atoms with Crippen LogP contribution in [-0.4, -0.2) is 28.5 Å². The molecule has 0 radical (unpaired) electrons. The molecule has 29 heavy (non-hydrogen) atoms. The van der Waals surface area contributed by atoms with Gasteiger partial charge in [-0.2, -0.15) is 0 Å². The van der Waals surface area contributed by atoms with Gasteiger partial charge in [0, 0.05) is 5.69 Å². The van der Waals surface area contributed by atoms with Crippen molar-refractivity contribution in [2.45, 2.75) is 29.5 Å². The Balaban J connectivity index is 1.53. The standard InChI is InChI=1S/C20H21FN4O2S2/c1-12(14-4-6-15(21)7-5-14)22-18(26)13(2)28-20-25-24-19(29-20)23-16-8-10-17(27-3)11-9-16/h4-13H,1-3H3,(H,22,26)(H,23,24)/t12-,13+/m1/s1. The predicted octanol–water partition coefficient (Wildman–Crippen LogP) is 4.79. The molecular weight excluding hydrogens is 411 g/mol. The van der Waals surface area contributed by atoms with Gasteiger partial charge in [-0.3, -0.25) is 4.79 Å². The molecule has 3 aromatic rings. The monoisotopic (exact) mass is 432 g/mol. The van der Waals surface area contributed by atoms with Crippen molar-refractivity contribution in [3.05, 3.63) is 59.9 Å². The van der Waals surface area contributed by atoms with Crippen LogP contribution in [0.1, 0.15) is 25.5 Å². The van der Waals surface area contributed by atoms with Crippen molar-refractivity contribution >= 4 is 39.8 Å². The summed E-state index contributed by atoms with van der Waals surface area (Å²) in [5.41, 5.74) is 1.72. The fourth-order valence-electron chi connectivity index (χ4n) is 2.48. The van der Waals surface area contributed by atoms with Crippen LogP contribution in [0.3, 0.4) is 0 Å². The van der Waals surface area contributed by atoms with Crippen LogP contribution in [0.5, 0.6) is 5.75 Å². The van der Waals surface area contributed by atoms with Gasteiger partial charge in [0.25, 0.3) is 0 Å². The van der Waals surface area contributed by atoms with E-state index in [1.165, 1.54) is 35.2 Å². The number of ether oxygens (including phenoxy) is 1. The lowest BCUT2D eigenvalue weighted by Gasteiger charge is -2.17. The number of anilines is 2. The van der Waals surface area contributed by atoms with Crippen molar-refractivity contribution in [1.29, 1.82) is 0 Å². The van der Waals surface area contributed by atoms with Crippen molar-refractivity contribution in [3.63, 3.8) is 0 Å². The van der Waals surface area contributed by atoms with Crippen LogP contribution in [-0.2, 0) is 4.79 Å². The Hall–Kier alpha value is -2.65. The molecular formula is C20H21FN4O2S2. The molecule has 2 aromatic carbocycles. The van der Waals surface area contributed by atoms with E-state index in [9.17, 15) is 9.18 Å². The zero-order chi connectivity index (χ0) is 20.8. The van der Waals surface area contributed by atoms with Crippen molar-refractivity contribution in [3.8, 4) is 5.75 Å². The summed E-state index contributed by atoms with van der Waals surface area (Å²) in [5, 5.41) is 14.7. The first-order valence-corrected chi connectivity index (χ1v) is 10.6. The number of hydrogen-bond acceptors (Lipinski definition) is 7. The van der Waals surface area contributed by atoms with E-state index in [0.29, 0.717) is 9.47 Å². The lowest BCUT2D eigenvalue weighted by molar-refractivity contribution is -0.120. The number of carbonyl (C=O) groups excluding carboxylic acids is 1. The number of rotatable bonds is 8. The molecule has 0 bridgehead atoms. The Morgan fingerprint density at radius 1 is 1.10 bits per heavy atom. The lowest BCUT2D eigenvalue weighted by Crippen LogP contribution is -2.33. The van der Waals surface area contributed by atoms with Crippen molar-refractivity contribution in [2.24, 2.45) is 0 Å². The molecule has 0 aliphatic carbocycles. The van der Waals surface area contributed by atoms with Gasteiger partial charge in [0.1, 0.15) is 11.6 Å². The fourth-order valence-corrected chi connectivity index (χ4v) is 4.40. The van der Waals surface area contributed by atoms with Gasteiger partial charge in [0.2, 0.25) is 11.0 Å². The Kier molecular flexibility index (Phi) is 7.05. The number of nitrogens with one attached hydrogen (secondary N) is 2. The van der Waals surface area contributed by atoms with Gasteiger partial charge in [-0.1, -0.05) is 35.2 Å². The summed E-state index contributed by atoms with van der Waals surface area (Å²) in [5.74, 6) is 0.358. The summed E-state index contributed by atoms with van der Waals surface area (Å²) in [6.07, 6.45) is 0. The van der Waals surface area contributed by atoms with Crippen molar-refractivity contribution in [2.75, 3.05) is 12.4 Å². The zero-order valence-electron chi connectivity index (χ0n) is 16.2. The van der Waals surface area contributed by atoms with E-state index in [1.54, 1.807) is 19.2 Å². The molecule has 6 nitrogen and oxygen atoms in total. The first-order chi connectivity index (χ1) is 13.9.